The average molecular weight is 308 g/mol. The van der Waals surface area contributed by atoms with E-state index in [1.165, 1.54) is 0 Å². The molecule has 1 atom stereocenters. The minimum absolute atomic E-state index is 0.308. The van der Waals surface area contributed by atoms with E-state index in [-0.39, 0.29) is 5.92 Å². The highest BCUT2D eigenvalue weighted by Crippen LogP contribution is 2.38. The van der Waals surface area contributed by atoms with Crippen LogP contribution in [0.2, 0.25) is 0 Å². The predicted octanol–water partition coefficient (Wildman–Crippen LogP) is 5.49. The summed E-state index contributed by atoms with van der Waals surface area (Å²) in [5.41, 5.74) is 5.24. The SMILES string of the molecule is N#C[C@H](c1ccccc1)c1c(-c2ccccc2)[nH]c2ccccc12. The number of rotatable bonds is 3. The predicted molar refractivity (Wildman–Crippen MR) is 97.6 cm³/mol. The zero-order chi connectivity index (χ0) is 16.4. The number of nitriles is 1. The summed E-state index contributed by atoms with van der Waals surface area (Å²) in [5, 5.41) is 11.0. The molecule has 0 fully saturated rings. The molecule has 0 saturated heterocycles. The molecule has 4 aromatic rings. The van der Waals surface area contributed by atoms with E-state index in [1.54, 1.807) is 0 Å². The Morgan fingerprint density at radius 2 is 1.38 bits per heavy atom. The molecule has 0 amide bonds. The third kappa shape index (κ3) is 2.37. The highest BCUT2D eigenvalue weighted by atomic mass is 14.7. The van der Waals surface area contributed by atoms with Crippen LogP contribution in [0.15, 0.2) is 84.9 Å². The lowest BCUT2D eigenvalue weighted by Crippen LogP contribution is -1.99. The van der Waals surface area contributed by atoms with E-state index in [0.717, 1.165) is 33.3 Å². The van der Waals surface area contributed by atoms with E-state index in [2.05, 4.69) is 35.3 Å². The van der Waals surface area contributed by atoms with Crippen LogP contribution in [0.3, 0.4) is 0 Å². The molecule has 0 aliphatic heterocycles. The van der Waals surface area contributed by atoms with Gasteiger partial charge in [-0.3, -0.25) is 0 Å². The van der Waals surface area contributed by atoms with Gasteiger partial charge in [0.25, 0.3) is 0 Å². The first kappa shape index (κ1) is 14.3. The smallest absolute Gasteiger partial charge is 0.0989 e. The second-order valence-corrected chi connectivity index (χ2v) is 5.80. The summed E-state index contributed by atoms with van der Waals surface area (Å²) in [6.45, 7) is 0. The molecule has 2 heteroatoms. The lowest BCUT2D eigenvalue weighted by molar-refractivity contribution is 1.05. The standard InChI is InChI=1S/C22H16N2/c23-15-19(16-9-3-1-4-10-16)21-18-13-7-8-14-20(18)24-22(21)17-11-5-2-6-12-17/h1-14,19,24H/t19-/m1/s1. The lowest BCUT2D eigenvalue weighted by atomic mass is 9.89. The Kier molecular flexibility index (Phi) is 3.61. The van der Waals surface area contributed by atoms with Crippen molar-refractivity contribution in [2.45, 2.75) is 5.92 Å². The minimum Gasteiger partial charge on any atom is -0.354 e. The third-order valence-electron chi connectivity index (χ3n) is 4.36. The van der Waals surface area contributed by atoms with E-state index in [9.17, 15) is 5.26 Å². The van der Waals surface area contributed by atoms with Crippen LogP contribution in [0.1, 0.15) is 17.0 Å². The number of fused-ring (bicyclic) bond motifs is 1. The summed E-state index contributed by atoms with van der Waals surface area (Å²) in [4.78, 5) is 3.51. The Labute approximate surface area is 141 Å². The number of nitrogens with zero attached hydrogens (tertiary/aromatic N) is 1. The fourth-order valence-electron chi connectivity index (χ4n) is 3.25. The Morgan fingerprint density at radius 1 is 0.750 bits per heavy atom. The van der Waals surface area contributed by atoms with Gasteiger partial charge in [-0.2, -0.15) is 5.26 Å². The van der Waals surface area contributed by atoms with Crippen LogP contribution in [0, 0.1) is 11.3 Å². The Hall–Kier alpha value is -3.31. The number of H-pyrrole nitrogens is 1. The van der Waals surface area contributed by atoms with Gasteiger partial charge in [0.15, 0.2) is 0 Å². The van der Waals surface area contributed by atoms with Crippen molar-refractivity contribution < 1.29 is 0 Å². The maximum atomic E-state index is 9.92. The summed E-state index contributed by atoms with van der Waals surface area (Å²) in [5.74, 6) is -0.308. The van der Waals surface area contributed by atoms with Crippen LogP contribution in [0.5, 0.6) is 0 Å². The van der Waals surface area contributed by atoms with Gasteiger partial charge in [-0.1, -0.05) is 78.9 Å². The maximum absolute atomic E-state index is 9.92. The highest BCUT2D eigenvalue weighted by molar-refractivity contribution is 5.92. The Morgan fingerprint density at radius 3 is 2.08 bits per heavy atom. The molecular weight excluding hydrogens is 292 g/mol. The number of hydrogen-bond donors (Lipinski definition) is 1. The third-order valence-corrected chi connectivity index (χ3v) is 4.36. The average Bonchev–Trinajstić information content (AvgIpc) is 3.04. The summed E-state index contributed by atoms with van der Waals surface area (Å²) in [6.07, 6.45) is 0. The van der Waals surface area contributed by atoms with E-state index >= 15 is 0 Å². The summed E-state index contributed by atoms with van der Waals surface area (Å²) < 4.78 is 0. The molecule has 0 bridgehead atoms. The lowest BCUT2D eigenvalue weighted by Gasteiger charge is -2.12. The summed E-state index contributed by atoms with van der Waals surface area (Å²) in [7, 11) is 0. The second kappa shape index (κ2) is 6.06. The monoisotopic (exact) mass is 308 g/mol. The number of aromatic amines is 1. The van der Waals surface area contributed by atoms with Gasteiger partial charge in [0.1, 0.15) is 0 Å². The number of hydrogen-bond acceptors (Lipinski definition) is 1. The molecule has 4 rings (SSSR count). The van der Waals surface area contributed by atoms with Gasteiger partial charge in [-0.05, 0) is 17.2 Å². The van der Waals surface area contributed by atoms with Crippen molar-refractivity contribution in [1.29, 1.82) is 5.26 Å². The van der Waals surface area contributed by atoms with E-state index in [4.69, 9.17) is 0 Å². The molecule has 24 heavy (non-hydrogen) atoms. The van der Waals surface area contributed by atoms with Crippen molar-refractivity contribution in [1.82, 2.24) is 4.98 Å². The number of benzene rings is 3. The van der Waals surface area contributed by atoms with Crippen LogP contribution >= 0.6 is 0 Å². The van der Waals surface area contributed by atoms with Crippen molar-refractivity contribution in [3.05, 3.63) is 96.1 Å². The first-order valence-corrected chi connectivity index (χ1v) is 7.99. The molecule has 3 aromatic carbocycles. The molecule has 0 unspecified atom stereocenters. The van der Waals surface area contributed by atoms with Crippen molar-refractivity contribution in [3.8, 4) is 17.3 Å². The number of para-hydroxylation sites is 1. The molecule has 0 radical (unpaired) electrons. The summed E-state index contributed by atoms with van der Waals surface area (Å²) >= 11 is 0. The molecule has 0 saturated carbocycles. The van der Waals surface area contributed by atoms with Gasteiger partial charge in [0.05, 0.1) is 17.7 Å². The molecule has 2 nitrogen and oxygen atoms in total. The zero-order valence-corrected chi connectivity index (χ0v) is 13.1. The number of aromatic nitrogens is 1. The van der Waals surface area contributed by atoms with Gasteiger partial charge in [0.2, 0.25) is 0 Å². The fourth-order valence-corrected chi connectivity index (χ4v) is 3.25. The molecule has 1 heterocycles. The molecule has 1 N–H and O–H groups in total. The van der Waals surface area contributed by atoms with Crippen molar-refractivity contribution in [2.24, 2.45) is 0 Å². The largest absolute Gasteiger partial charge is 0.354 e. The van der Waals surface area contributed by atoms with E-state index in [1.807, 2.05) is 60.7 Å². The quantitative estimate of drug-likeness (QED) is 0.534. The van der Waals surface area contributed by atoms with Crippen LogP contribution < -0.4 is 0 Å². The van der Waals surface area contributed by atoms with Crippen LogP contribution in [0.4, 0.5) is 0 Å². The normalized spacial score (nSPS) is 12.0. The van der Waals surface area contributed by atoms with Gasteiger partial charge >= 0.3 is 0 Å². The molecule has 0 spiro atoms. The molecular formula is C22H16N2. The van der Waals surface area contributed by atoms with Crippen LogP contribution in [-0.4, -0.2) is 4.98 Å². The van der Waals surface area contributed by atoms with Crippen molar-refractivity contribution >= 4 is 10.9 Å². The molecule has 1 aromatic heterocycles. The van der Waals surface area contributed by atoms with Gasteiger partial charge in [-0.25, -0.2) is 0 Å². The highest BCUT2D eigenvalue weighted by Gasteiger charge is 2.22. The van der Waals surface area contributed by atoms with Crippen LogP contribution in [0.25, 0.3) is 22.2 Å². The second-order valence-electron chi connectivity index (χ2n) is 5.80. The topological polar surface area (TPSA) is 39.6 Å². The molecule has 0 aliphatic carbocycles. The fraction of sp³-hybridized carbons (Fsp3) is 0.0455. The van der Waals surface area contributed by atoms with Gasteiger partial charge in [-0.15, -0.1) is 0 Å². The van der Waals surface area contributed by atoms with Crippen molar-refractivity contribution in [3.63, 3.8) is 0 Å². The maximum Gasteiger partial charge on any atom is 0.0989 e. The first-order valence-electron chi connectivity index (χ1n) is 7.99. The zero-order valence-electron chi connectivity index (χ0n) is 13.1. The Balaban J connectivity index is 2.01. The molecule has 0 aliphatic rings. The number of nitrogens with one attached hydrogen (secondary N) is 1. The summed E-state index contributed by atoms with van der Waals surface area (Å²) in [6, 6.07) is 30.9. The van der Waals surface area contributed by atoms with Gasteiger partial charge in [0, 0.05) is 16.5 Å². The van der Waals surface area contributed by atoms with Gasteiger partial charge < -0.3 is 4.98 Å². The molecule has 114 valence electrons. The van der Waals surface area contributed by atoms with Crippen molar-refractivity contribution in [2.75, 3.05) is 0 Å². The Bertz CT molecular complexity index is 1010. The van der Waals surface area contributed by atoms with Crippen LogP contribution in [-0.2, 0) is 0 Å². The first-order chi connectivity index (χ1) is 11.9. The minimum atomic E-state index is -0.308. The van der Waals surface area contributed by atoms with E-state index < -0.39 is 0 Å². The van der Waals surface area contributed by atoms with E-state index in [0.29, 0.717) is 0 Å².